The van der Waals surface area contributed by atoms with Gasteiger partial charge in [-0.05, 0) is 85.2 Å². The molecule has 0 spiro atoms. The monoisotopic (exact) mass is 518 g/mol. The molecule has 0 saturated carbocycles. The Morgan fingerprint density at radius 3 is 2.30 bits per heavy atom. The van der Waals surface area contributed by atoms with Crippen molar-refractivity contribution >= 4 is 20.9 Å². The Morgan fingerprint density at radius 1 is 0.865 bits per heavy atom. The lowest BCUT2D eigenvalue weighted by atomic mass is 10.1. The molecule has 0 radical (unpaired) electrons. The summed E-state index contributed by atoms with van der Waals surface area (Å²) in [7, 11) is -3.96. The minimum Gasteiger partial charge on any atom is -0.454 e. The van der Waals surface area contributed by atoms with Crippen molar-refractivity contribution in [2.75, 3.05) is 6.79 Å². The predicted octanol–water partition coefficient (Wildman–Crippen LogP) is 5.14. The zero-order valence-electron chi connectivity index (χ0n) is 21.4. The number of fused-ring (bicyclic) bond motifs is 2. The summed E-state index contributed by atoms with van der Waals surface area (Å²) in [6.45, 7) is 7.75. The highest BCUT2D eigenvalue weighted by atomic mass is 32.2. The fraction of sp³-hybridized carbons (Fsp3) is 0.276. The van der Waals surface area contributed by atoms with Crippen LogP contribution in [0.2, 0.25) is 0 Å². The van der Waals surface area contributed by atoms with Crippen LogP contribution in [0.3, 0.4) is 0 Å². The van der Waals surface area contributed by atoms with Crippen molar-refractivity contribution in [3.05, 3.63) is 98.3 Å². The molecule has 0 fully saturated rings. The average Bonchev–Trinajstić information content (AvgIpc) is 3.31. The molecular weight excluding hydrogens is 488 g/mol. The van der Waals surface area contributed by atoms with E-state index in [9.17, 15) is 13.2 Å². The van der Waals surface area contributed by atoms with Crippen LogP contribution >= 0.6 is 0 Å². The number of aromatic amines is 1. The predicted molar refractivity (Wildman–Crippen MR) is 144 cm³/mol. The van der Waals surface area contributed by atoms with Crippen LogP contribution in [0.1, 0.15) is 40.3 Å². The maximum atomic E-state index is 14.2. The quantitative estimate of drug-likeness (QED) is 0.366. The summed E-state index contributed by atoms with van der Waals surface area (Å²) < 4.78 is 40.6. The van der Waals surface area contributed by atoms with Crippen LogP contribution in [0.5, 0.6) is 11.5 Å². The van der Waals surface area contributed by atoms with Crippen molar-refractivity contribution in [1.82, 2.24) is 9.29 Å². The first kappa shape index (κ1) is 25.0. The molecule has 0 bridgehead atoms. The molecular formula is C29H30N2O5S. The van der Waals surface area contributed by atoms with Gasteiger partial charge in [-0.1, -0.05) is 36.8 Å². The lowest BCUT2D eigenvalue weighted by Crippen LogP contribution is -2.33. The maximum absolute atomic E-state index is 14.2. The first-order chi connectivity index (χ1) is 17.7. The second-order valence-electron chi connectivity index (χ2n) is 9.59. The molecule has 1 aliphatic rings. The van der Waals surface area contributed by atoms with Crippen LogP contribution in [-0.2, 0) is 29.5 Å². The molecule has 0 saturated heterocycles. The first-order valence-corrected chi connectivity index (χ1v) is 13.7. The van der Waals surface area contributed by atoms with E-state index in [2.05, 4.69) is 11.9 Å². The lowest BCUT2D eigenvalue weighted by Gasteiger charge is -2.25. The van der Waals surface area contributed by atoms with Crippen LogP contribution in [0.15, 0.2) is 64.3 Å². The molecule has 37 heavy (non-hydrogen) atoms. The smallest absolute Gasteiger partial charge is 0.252 e. The molecule has 2 heterocycles. The highest BCUT2D eigenvalue weighted by molar-refractivity contribution is 7.89. The highest BCUT2D eigenvalue weighted by Crippen LogP contribution is 2.34. The zero-order valence-corrected chi connectivity index (χ0v) is 22.2. The van der Waals surface area contributed by atoms with E-state index in [1.54, 1.807) is 32.0 Å². The van der Waals surface area contributed by atoms with E-state index in [1.165, 1.54) is 4.31 Å². The Bertz CT molecular complexity index is 1650. The summed E-state index contributed by atoms with van der Waals surface area (Å²) in [4.78, 5) is 16.2. The molecule has 1 aliphatic heterocycles. The zero-order chi connectivity index (χ0) is 26.3. The molecule has 8 heteroatoms. The van der Waals surface area contributed by atoms with Gasteiger partial charge in [0.2, 0.25) is 16.8 Å². The maximum Gasteiger partial charge on any atom is 0.252 e. The van der Waals surface area contributed by atoms with Gasteiger partial charge >= 0.3 is 0 Å². The number of aromatic nitrogens is 1. The van der Waals surface area contributed by atoms with Gasteiger partial charge in [0.15, 0.2) is 11.5 Å². The van der Waals surface area contributed by atoms with Crippen LogP contribution in [0.4, 0.5) is 0 Å². The van der Waals surface area contributed by atoms with Crippen LogP contribution in [0, 0.1) is 20.8 Å². The summed E-state index contributed by atoms with van der Waals surface area (Å²) in [6, 6.07) is 16.8. The van der Waals surface area contributed by atoms with Gasteiger partial charge in [-0.3, -0.25) is 4.79 Å². The Hall–Kier alpha value is -3.62. The molecule has 0 unspecified atom stereocenters. The van der Waals surface area contributed by atoms with Crippen molar-refractivity contribution in [3.8, 4) is 11.5 Å². The Kier molecular flexibility index (Phi) is 6.56. The SMILES string of the molecule is CCc1ccc2[nH]c(=O)c(CN(Cc3ccc4c(c3)OCO4)S(=O)(=O)c3c(C)cc(C)cc3C)cc2c1. The number of nitrogens with zero attached hydrogens (tertiary/aromatic N) is 1. The van der Waals surface area contributed by atoms with Gasteiger partial charge < -0.3 is 14.5 Å². The molecule has 192 valence electrons. The molecule has 3 aromatic carbocycles. The molecule has 5 rings (SSSR count). The minimum absolute atomic E-state index is 0.0677. The van der Waals surface area contributed by atoms with Crippen molar-refractivity contribution in [2.45, 2.75) is 52.1 Å². The second-order valence-corrected chi connectivity index (χ2v) is 11.5. The van der Waals surface area contributed by atoms with Gasteiger partial charge in [0, 0.05) is 24.2 Å². The largest absolute Gasteiger partial charge is 0.454 e. The summed E-state index contributed by atoms with van der Waals surface area (Å²) >= 11 is 0. The van der Waals surface area contributed by atoms with Gasteiger partial charge in [0.05, 0.1) is 4.90 Å². The third-order valence-corrected chi connectivity index (χ3v) is 8.84. The number of rotatable bonds is 7. The van der Waals surface area contributed by atoms with Gasteiger partial charge in [-0.2, -0.15) is 4.31 Å². The molecule has 1 aromatic heterocycles. The average molecular weight is 519 g/mol. The standard InChI is InChI=1S/C29H30N2O5S/c1-5-21-6-8-25-23(12-21)14-24(29(32)30-25)16-31(15-22-7-9-26-27(13-22)36-17-35-26)37(33,34)28-19(3)10-18(2)11-20(28)4/h6-14H,5,15-17H2,1-4H3,(H,30,32). The van der Waals surface area contributed by atoms with Crippen molar-refractivity contribution in [1.29, 1.82) is 0 Å². The van der Waals surface area contributed by atoms with E-state index in [-0.39, 0.29) is 30.3 Å². The van der Waals surface area contributed by atoms with Crippen molar-refractivity contribution < 1.29 is 17.9 Å². The number of benzene rings is 3. The third-order valence-electron chi connectivity index (χ3n) is 6.74. The number of pyridine rings is 1. The number of hydrogen-bond acceptors (Lipinski definition) is 5. The fourth-order valence-electron chi connectivity index (χ4n) is 5.00. The van der Waals surface area contributed by atoms with Crippen molar-refractivity contribution in [2.24, 2.45) is 0 Å². The topological polar surface area (TPSA) is 88.7 Å². The Labute approximate surface area is 216 Å². The number of sulfonamides is 1. The second kappa shape index (κ2) is 9.68. The molecule has 0 atom stereocenters. The first-order valence-electron chi connectivity index (χ1n) is 12.3. The van der Waals surface area contributed by atoms with Crippen LogP contribution < -0.4 is 15.0 Å². The van der Waals surface area contributed by atoms with Gasteiger partial charge in [-0.15, -0.1) is 0 Å². The molecule has 4 aromatic rings. The van der Waals surface area contributed by atoms with Gasteiger partial charge in [0.25, 0.3) is 5.56 Å². The van der Waals surface area contributed by atoms with E-state index in [0.29, 0.717) is 28.2 Å². The Balaban J connectivity index is 1.61. The lowest BCUT2D eigenvalue weighted by molar-refractivity contribution is 0.174. The van der Waals surface area contributed by atoms with Crippen LogP contribution in [-0.4, -0.2) is 24.5 Å². The summed E-state index contributed by atoms with van der Waals surface area (Å²) in [6.07, 6.45) is 0.862. The highest BCUT2D eigenvalue weighted by Gasteiger charge is 2.30. The molecule has 7 nitrogen and oxygen atoms in total. The van der Waals surface area contributed by atoms with E-state index in [1.807, 2.05) is 43.3 Å². The van der Waals surface area contributed by atoms with E-state index in [0.717, 1.165) is 34.0 Å². The molecule has 0 aliphatic carbocycles. The normalized spacial score (nSPS) is 13.0. The van der Waals surface area contributed by atoms with E-state index in [4.69, 9.17) is 9.47 Å². The molecule has 1 N–H and O–H groups in total. The summed E-state index contributed by atoms with van der Waals surface area (Å²) in [5.74, 6) is 1.20. The number of H-pyrrole nitrogens is 1. The fourth-order valence-corrected chi connectivity index (χ4v) is 6.82. The number of ether oxygens (including phenoxy) is 2. The third kappa shape index (κ3) is 4.86. The molecule has 0 amide bonds. The number of hydrogen-bond donors (Lipinski definition) is 1. The number of nitrogens with one attached hydrogen (secondary N) is 1. The Morgan fingerprint density at radius 2 is 1.57 bits per heavy atom. The van der Waals surface area contributed by atoms with E-state index < -0.39 is 10.0 Å². The summed E-state index contributed by atoms with van der Waals surface area (Å²) in [5, 5.41) is 0.872. The van der Waals surface area contributed by atoms with Gasteiger partial charge in [-0.25, -0.2) is 8.42 Å². The number of aryl methyl sites for hydroxylation is 4. The summed E-state index contributed by atoms with van der Waals surface area (Å²) in [5.41, 5.74) is 5.02. The van der Waals surface area contributed by atoms with E-state index >= 15 is 0 Å². The van der Waals surface area contributed by atoms with Crippen molar-refractivity contribution in [3.63, 3.8) is 0 Å². The van der Waals surface area contributed by atoms with Gasteiger partial charge in [0.1, 0.15) is 0 Å². The minimum atomic E-state index is -3.96. The van der Waals surface area contributed by atoms with Crippen LogP contribution in [0.25, 0.3) is 10.9 Å².